The maximum Gasteiger partial charge on any atom is 0.258 e. The van der Waals surface area contributed by atoms with Gasteiger partial charge >= 0.3 is 0 Å². The number of imidazole rings is 1. The third-order valence-corrected chi connectivity index (χ3v) is 3.95. The number of hydrogen-bond donors (Lipinski definition) is 0. The summed E-state index contributed by atoms with van der Waals surface area (Å²) in [4.78, 5) is 18.9. The number of aryl methyl sites for hydroxylation is 1. The SMILES string of the molecule is Cn1cnc2cc(C(=O)N3CCOc4ccccc43)ccc21. The molecular weight excluding hydrogens is 278 g/mol. The van der Waals surface area contributed by atoms with E-state index >= 15 is 0 Å². The zero-order valence-electron chi connectivity index (χ0n) is 12.2. The van der Waals surface area contributed by atoms with Gasteiger partial charge in [-0.2, -0.15) is 0 Å². The average molecular weight is 293 g/mol. The second kappa shape index (κ2) is 4.87. The number of aromatic nitrogens is 2. The van der Waals surface area contributed by atoms with E-state index in [1.165, 1.54) is 0 Å². The Labute approximate surface area is 127 Å². The quantitative estimate of drug-likeness (QED) is 0.693. The van der Waals surface area contributed by atoms with Gasteiger partial charge in [0, 0.05) is 12.6 Å². The summed E-state index contributed by atoms with van der Waals surface area (Å²) in [5.74, 6) is 0.726. The first-order valence-electron chi connectivity index (χ1n) is 7.19. The van der Waals surface area contributed by atoms with Gasteiger partial charge in [0.25, 0.3) is 5.91 Å². The molecule has 2 heterocycles. The Balaban J connectivity index is 1.74. The minimum atomic E-state index is -0.0247. The normalized spacial score (nSPS) is 13.8. The Hall–Kier alpha value is -2.82. The first-order valence-corrected chi connectivity index (χ1v) is 7.19. The number of carbonyl (C=O) groups is 1. The number of nitrogens with zero attached hydrogens (tertiary/aromatic N) is 3. The van der Waals surface area contributed by atoms with Gasteiger partial charge in [0.15, 0.2) is 0 Å². The molecule has 5 nitrogen and oxygen atoms in total. The molecule has 3 aromatic rings. The molecular formula is C17H15N3O2. The summed E-state index contributed by atoms with van der Waals surface area (Å²) in [6.07, 6.45) is 1.75. The third kappa shape index (κ3) is 1.94. The molecule has 0 saturated heterocycles. The number of ether oxygens (including phenoxy) is 1. The molecule has 0 aliphatic carbocycles. The highest BCUT2D eigenvalue weighted by molar-refractivity contribution is 6.08. The number of benzene rings is 2. The summed E-state index contributed by atoms with van der Waals surface area (Å²) in [6, 6.07) is 13.2. The molecule has 1 aromatic heterocycles. The number of hydrogen-bond acceptors (Lipinski definition) is 3. The molecule has 4 rings (SSSR count). The maximum absolute atomic E-state index is 12.8. The van der Waals surface area contributed by atoms with Crippen molar-refractivity contribution in [2.45, 2.75) is 0 Å². The van der Waals surface area contributed by atoms with Gasteiger partial charge in [-0.05, 0) is 30.3 Å². The Morgan fingerprint density at radius 2 is 2.09 bits per heavy atom. The molecule has 110 valence electrons. The second-order valence-electron chi connectivity index (χ2n) is 5.33. The minimum absolute atomic E-state index is 0.0247. The van der Waals surface area contributed by atoms with Gasteiger partial charge in [-0.15, -0.1) is 0 Å². The van der Waals surface area contributed by atoms with E-state index in [4.69, 9.17) is 4.74 Å². The van der Waals surface area contributed by atoms with Gasteiger partial charge in [-0.1, -0.05) is 12.1 Å². The van der Waals surface area contributed by atoms with Crippen molar-refractivity contribution in [3.63, 3.8) is 0 Å². The molecule has 0 N–H and O–H groups in total. The van der Waals surface area contributed by atoms with Crippen LogP contribution in [0, 0.1) is 0 Å². The van der Waals surface area contributed by atoms with Crippen LogP contribution in [0.4, 0.5) is 5.69 Å². The first-order chi connectivity index (χ1) is 10.7. The Morgan fingerprint density at radius 1 is 1.23 bits per heavy atom. The van der Waals surface area contributed by atoms with E-state index in [0.29, 0.717) is 18.7 Å². The summed E-state index contributed by atoms with van der Waals surface area (Å²) in [7, 11) is 1.94. The van der Waals surface area contributed by atoms with Crippen LogP contribution in [0.15, 0.2) is 48.8 Å². The van der Waals surface area contributed by atoms with Gasteiger partial charge < -0.3 is 14.2 Å². The Bertz CT molecular complexity index is 869. The van der Waals surface area contributed by atoms with E-state index in [2.05, 4.69) is 4.98 Å². The summed E-state index contributed by atoms with van der Waals surface area (Å²) < 4.78 is 7.54. The van der Waals surface area contributed by atoms with E-state index in [1.54, 1.807) is 11.2 Å². The monoisotopic (exact) mass is 293 g/mol. The average Bonchev–Trinajstić information content (AvgIpc) is 2.94. The highest BCUT2D eigenvalue weighted by Gasteiger charge is 2.24. The highest BCUT2D eigenvalue weighted by atomic mass is 16.5. The largest absolute Gasteiger partial charge is 0.490 e. The van der Waals surface area contributed by atoms with Crippen molar-refractivity contribution in [2.24, 2.45) is 7.05 Å². The van der Waals surface area contributed by atoms with E-state index in [1.807, 2.05) is 54.1 Å². The molecule has 0 radical (unpaired) electrons. The summed E-state index contributed by atoms with van der Waals surface area (Å²) in [5.41, 5.74) is 3.30. The summed E-state index contributed by atoms with van der Waals surface area (Å²) in [5, 5.41) is 0. The second-order valence-corrected chi connectivity index (χ2v) is 5.33. The molecule has 2 aromatic carbocycles. The number of carbonyl (C=O) groups excluding carboxylic acids is 1. The van der Waals surface area contributed by atoms with Crippen molar-refractivity contribution in [1.29, 1.82) is 0 Å². The number of amides is 1. The van der Waals surface area contributed by atoms with Crippen LogP contribution in [-0.4, -0.2) is 28.6 Å². The molecule has 22 heavy (non-hydrogen) atoms. The lowest BCUT2D eigenvalue weighted by atomic mass is 10.1. The maximum atomic E-state index is 12.8. The smallest absolute Gasteiger partial charge is 0.258 e. The van der Waals surface area contributed by atoms with E-state index in [0.717, 1.165) is 22.5 Å². The number of anilines is 1. The molecule has 5 heteroatoms. The number of rotatable bonds is 1. The van der Waals surface area contributed by atoms with Crippen molar-refractivity contribution in [2.75, 3.05) is 18.1 Å². The van der Waals surface area contributed by atoms with Gasteiger partial charge in [0.2, 0.25) is 0 Å². The lowest BCUT2D eigenvalue weighted by molar-refractivity contribution is 0.0976. The zero-order chi connectivity index (χ0) is 15.1. The van der Waals surface area contributed by atoms with Gasteiger partial charge in [-0.3, -0.25) is 4.79 Å². The van der Waals surface area contributed by atoms with E-state index in [9.17, 15) is 4.79 Å². The van der Waals surface area contributed by atoms with Crippen molar-refractivity contribution in [1.82, 2.24) is 9.55 Å². The Kier molecular flexibility index (Phi) is 2.85. The molecule has 0 spiro atoms. The predicted octanol–water partition coefficient (Wildman–Crippen LogP) is 2.61. The van der Waals surface area contributed by atoms with Crippen molar-refractivity contribution >= 4 is 22.6 Å². The lowest BCUT2D eigenvalue weighted by Crippen LogP contribution is -2.37. The fourth-order valence-corrected chi connectivity index (χ4v) is 2.81. The fraction of sp³-hybridized carbons (Fsp3) is 0.176. The predicted molar refractivity (Wildman–Crippen MR) is 84.3 cm³/mol. The molecule has 0 saturated carbocycles. The summed E-state index contributed by atoms with van der Waals surface area (Å²) in [6.45, 7) is 1.06. The molecule has 0 bridgehead atoms. The van der Waals surface area contributed by atoms with Crippen LogP contribution < -0.4 is 9.64 Å². The molecule has 0 unspecified atom stereocenters. The van der Waals surface area contributed by atoms with E-state index in [-0.39, 0.29) is 5.91 Å². The van der Waals surface area contributed by atoms with Crippen LogP contribution in [-0.2, 0) is 7.05 Å². The molecule has 0 atom stereocenters. The molecule has 1 amide bonds. The van der Waals surface area contributed by atoms with Crippen LogP contribution in [0.2, 0.25) is 0 Å². The first kappa shape index (κ1) is 12.9. The fourth-order valence-electron chi connectivity index (χ4n) is 2.81. The third-order valence-electron chi connectivity index (χ3n) is 3.95. The van der Waals surface area contributed by atoms with Crippen LogP contribution >= 0.6 is 0 Å². The van der Waals surface area contributed by atoms with Gasteiger partial charge in [-0.25, -0.2) is 4.98 Å². The summed E-state index contributed by atoms with van der Waals surface area (Å²) >= 11 is 0. The molecule has 0 fully saturated rings. The lowest BCUT2D eigenvalue weighted by Gasteiger charge is -2.29. The number of para-hydroxylation sites is 2. The number of fused-ring (bicyclic) bond motifs is 2. The van der Waals surface area contributed by atoms with E-state index < -0.39 is 0 Å². The van der Waals surface area contributed by atoms with Crippen LogP contribution in [0.3, 0.4) is 0 Å². The van der Waals surface area contributed by atoms with Gasteiger partial charge in [0.1, 0.15) is 12.4 Å². The van der Waals surface area contributed by atoms with Crippen molar-refractivity contribution < 1.29 is 9.53 Å². The van der Waals surface area contributed by atoms with Crippen LogP contribution in [0.5, 0.6) is 5.75 Å². The standard InChI is InChI=1S/C17H15N3O2/c1-19-11-18-13-10-12(6-7-14(13)19)17(21)20-8-9-22-16-5-3-2-4-15(16)20/h2-7,10-11H,8-9H2,1H3. The van der Waals surface area contributed by atoms with Crippen molar-refractivity contribution in [3.8, 4) is 5.75 Å². The highest BCUT2D eigenvalue weighted by Crippen LogP contribution is 2.32. The zero-order valence-corrected chi connectivity index (χ0v) is 12.2. The topological polar surface area (TPSA) is 47.4 Å². The van der Waals surface area contributed by atoms with Crippen LogP contribution in [0.1, 0.15) is 10.4 Å². The Morgan fingerprint density at radius 3 is 3.00 bits per heavy atom. The molecule has 1 aliphatic heterocycles. The van der Waals surface area contributed by atoms with Gasteiger partial charge in [0.05, 0.1) is 29.6 Å². The molecule has 1 aliphatic rings. The van der Waals surface area contributed by atoms with Crippen molar-refractivity contribution in [3.05, 3.63) is 54.4 Å². The minimum Gasteiger partial charge on any atom is -0.490 e. The van der Waals surface area contributed by atoms with Crippen LogP contribution in [0.25, 0.3) is 11.0 Å².